The molecule has 2 aliphatic rings. The summed E-state index contributed by atoms with van der Waals surface area (Å²) in [5, 5.41) is 3.11. The molecule has 1 N–H and O–H groups in total. The van der Waals surface area contributed by atoms with Gasteiger partial charge in [-0.1, -0.05) is 6.07 Å². The van der Waals surface area contributed by atoms with E-state index in [9.17, 15) is 4.79 Å². The zero-order chi connectivity index (χ0) is 20.9. The molecule has 30 heavy (non-hydrogen) atoms. The van der Waals surface area contributed by atoms with Gasteiger partial charge in [-0.3, -0.25) is 0 Å². The number of hydrogen-bond donors (Lipinski definition) is 1. The molecule has 2 aliphatic heterocycles. The molecule has 1 atom stereocenters. The number of nitrogens with one attached hydrogen (secondary N) is 1. The van der Waals surface area contributed by atoms with Crippen LogP contribution in [0.25, 0.3) is 0 Å². The lowest BCUT2D eigenvalue weighted by atomic mass is 10.1. The lowest BCUT2D eigenvalue weighted by Crippen LogP contribution is -2.52. The predicted octanol–water partition coefficient (Wildman–Crippen LogP) is 3.45. The molecule has 0 radical (unpaired) electrons. The number of hydrogen-bond acceptors (Lipinski definition) is 5. The Balaban J connectivity index is 1.31. The van der Waals surface area contributed by atoms with Crippen LogP contribution in [0.5, 0.6) is 17.2 Å². The monoisotopic (exact) mass is 411 g/mol. The molecule has 0 bridgehead atoms. The second-order valence-corrected chi connectivity index (χ2v) is 7.60. The van der Waals surface area contributed by atoms with Crippen molar-refractivity contribution in [3.05, 3.63) is 48.0 Å². The molecule has 2 aromatic carbocycles. The van der Waals surface area contributed by atoms with Crippen molar-refractivity contribution in [1.82, 2.24) is 10.2 Å². The Morgan fingerprint density at radius 3 is 2.40 bits per heavy atom. The number of ether oxygens (including phenoxy) is 3. The Labute approximate surface area is 177 Å². The fraction of sp³-hybridized carbons (Fsp3) is 0.435. The standard InChI is InChI=1S/C23H29N3O4/c1-17(18-4-9-21-22(16-18)30-15-3-14-29-21)24-23(27)26-12-10-25(11-13-26)19-5-7-20(28-2)8-6-19/h4-9,16-17H,3,10-15H2,1-2H3,(H,24,27). The van der Waals surface area contributed by atoms with Crippen molar-refractivity contribution >= 4 is 11.7 Å². The Morgan fingerprint density at radius 2 is 1.70 bits per heavy atom. The molecule has 0 aliphatic carbocycles. The maximum absolute atomic E-state index is 12.8. The maximum Gasteiger partial charge on any atom is 0.317 e. The largest absolute Gasteiger partial charge is 0.497 e. The molecule has 0 aromatic heterocycles. The molecular formula is C23H29N3O4. The molecule has 1 saturated heterocycles. The van der Waals surface area contributed by atoms with Crippen LogP contribution in [0.15, 0.2) is 42.5 Å². The number of anilines is 1. The Morgan fingerprint density at radius 1 is 1.00 bits per heavy atom. The second kappa shape index (κ2) is 9.15. The molecule has 4 rings (SSSR count). The molecule has 0 saturated carbocycles. The normalized spacial score (nSPS) is 17.1. The van der Waals surface area contributed by atoms with E-state index in [1.807, 2.05) is 42.2 Å². The number of piperazine rings is 1. The van der Waals surface area contributed by atoms with Gasteiger partial charge in [-0.15, -0.1) is 0 Å². The highest BCUT2D eigenvalue weighted by Crippen LogP contribution is 2.32. The van der Waals surface area contributed by atoms with E-state index in [1.54, 1.807) is 7.11 Å². The minimum Gasteiger partial charge on any atom is -0.497 e. The zero-order valence-corrected chi connectivity index (χ0v) is 17.6. The van der Waals surface area contributed by atoms with Gasteiger partial charge >= 0.3 is 6.03 Å². The average Bonchev–Trinajstić information content (AvgIpc) is 3.04. The van der Waals surface area contributed by atoms with E-state index in [4.69, 9.17) is 14.2 Å². The van der Waals surface area contributed by atoms with Crippen LogP contribution in [0.2, 0.25) is 0 Å². The van der Waals surface area contributed by atoms with E-state index in [0.717, 1.165) is 48.0 Å². The predicted molar refractivity (Wildman–Crippen MR) is 116 cm³/mol. The van der Waals surface area contributed by atoms with Gasteiger partial charge in [0.15, 0.2) is 11.5 Å². The molecule has 160 valence electrons. The van der Waals surface area contributed by atoms with Crippen LogP contribution in [0.1, 0.15) is 24.9 Å². The second-order valence-electron chi connectivity index (χ2n) is 7.60. The van der Waals surface area contributed by atoms with Crippen molar-refractivity contribution in [2.45, 2.75) is 19.4 Å². The maximum atomic E-state index is 12.8. The molecular weight excluding hydrogens is 382 g/mol. The summed E-state index contributed by atoms with van der Waals surface area (Å²) in [6.07, 6.45) is 0.874. The molecule has 2 aromatic rings. The fourth-order valence-electron chi connectivity index (χ4n) is 3.77. The van der Waals surface area contributed by atoms with E-state index in [2.05, 4.69) is 22.3 Å². The first kappa shape index (κ1) is 20.2. The first-order chi connectivity index (χ1) is 14.6. The summed E-state index contributed by atoms with van der Waals surface area (Å²) in [5.74, 6) is 2.36. The Kier molecular flexibility index (Phi) is 6.16. The highest BCUT2D eigenvalue weighted by molar-refractivity contribution is 5.75. The van der Waals surface area contributed by atoms with Crippen molar-refractivity contribution in [1.29, 1.82) is 0 Å². The molecule has 1 unspecified atom stereocenters. The number of methoxy groups -OCH3 is 1. The van der Waals surface area contributed by atoms with Gasteiger partial charge in [0.05, 0.1) is 26.4 Å². The van der Waals surface area contributed by atoms with Crippen molar-refractivity contribution in [3.63, 3.8) is 0 Å². The third-order valence-electron chi connectivity index (χ3n) is 5.62. The van der Waals surface area contributed by atoms with Gasteiger partial charge in [0.1, 0.15) is 5.75 Å². The topological polar surface area (TPSA) is 63.3 Å². The van der Waals surface area contributed by atoms with Gasteiger partial charge in [0.2, 0.25) is 0 Å². The van der Waals surface area contributed by atoms with Crippen LogP contribution in [-0.2, 0) is 0 Å². The minimum atomic E-state index is -0.116. The van der Waals surface area contributed by atoms with Gasteiger partial charge in [-0.25, -0.2) is 4.79 Å². The smallest absolute Gasteiger partial charge is 0.317 e. The summed E-state index contributed by atoms with van der Waals surface area (Å²) in [7, 11) is 1.67. The molecule has 7 nitrogen and oxygen atoms in total. The first-order valence-corrected chi connectivity index (χ1v) is 10.5. The van der Waals surface area contributed by atoms with Crippen LogP contribution in [0, 0.1) is 0 Å². The fourth-order valence-corrected chi connectivity index (χ4v) is 3.77. The highest BCUT2D eigenvalue weighted by Gasteiger charge is 2.23. The van der Waals surface area contributed by atoms with Gasteiger partial charge < -0.3 is 29.3 Å². The van der Waals surface area contributed by atoms with Crippen LogP contribution < -0.4 is 24.4 Å². The lowest BCUT2D eigenvalue weighted by molar-refractivity contribution is 0.191. The zero-order valence-electron chi connectivity index (χ0n) is 17.6. The number of rotatable bonds is 4. The van der Waals surface area contributed by atoms with Gasteiger partial charge in [0.25, 0.3) is 0 Å². The van der Waals surface area contributed by atoms with Crippen molar-refractivity contribution in [2.24, 2.45) is 0 Å². The summed E-state index contributed by atoms with van der Waals surface area (Å²) in [6.45, 7) is 6.29. The van der Waals surface area contributed by atoms with Gasteiger partial charge in [-0.2, -0.15) is 0 Å². The number of amides is 2. The summed E-state index contributed by atoms with van der Waals surface area (Å²) in [5.41, 5.74) is 2.15. The van der Waals surface area contributed by atoms with E-state index in [0.29, 0.717) is 26.3 Å². The van der Waals surface area contributed by atoms with Crippen LogP contribution in [0.4, 0.5) is 10.5 Å². The first-order valence-electron chi connectivity index (χ1n) is 10.5. The van der Waals surface area contributed by atoms with Crippen molar-refractivity contribution in [3.8, 4) is 17.2 Å². The summed E-state index contributed by atoms with van der Waals surface area (Å²) in [6, 6.07) is 13.8. The summed E-state index contributed by atoms with van der Waals surface area (Å²) < 4.78 is 16.7. The van der Waals surface area contributed by atoms with E-state index in [-0.39, 0.29) is 12.1 Å². The molecule has 7 heteroatoms. The average molecular weight is 412 g/mol. The van der Waals surface area contributed by atoms with Gasteiger partial charge in [0, 0.05) is 38.3 Å². The van der Waals surface area contributed by atoms with Gasteiger partial charge in [-0.05, 0) is 48.9 Å². The van der Waals surface area contributed by atoms with E-state index in [1.165, 1.54) is 0 Å². The number of nitrogens with zero attached hydrogens (tertiary/aromatic N) is 2. The molecule has 0 spiro atoms. The Bertz CT molecular complexity index is 863. The third kappa shape index (κ3) is 4.56. The van der Waals surface area contributed by atoms with Crippen LogP contribution in [0.3, 0.4) is 0 Å². The number of carbonyl (C=O) groups is 1. The number of benzene rings is 2. The highest BCUT2D eigenvalue weighted by atomic mass is 16.5. The van der Waals surface area contributed by atoms with Crippen LogP contribution in [-0.4, -0.2) is 57.4 Å². The Hall–Kier alpha value is -3.09. The molecule has 2 amide bonds. The van der Waals surface area contributed by atoms with Crippen LogP contribution >= 0.6 is 0 Å². The molecule has 2 heterocycles. The summed E-state index contributed by atoms with van der Waals surface area (Å²) >= 11 is 0. The number of urea groups is 1. The van der Waals surface area contributed by atoms with E-state index >= 15 is 0 Å². The van der Waals surface area contributed by atoms with Crippen molar-refractivity contribution < 1.29 is 19.0 Å². The summed E-state index contributed by atoms with van der Waals surface area (Å²) in [4.78, 5) is 16.9. The number of carbonyl (C=O) groups excluding carboxylic acids is 1. The SMILES string of the molecule is COc1ccc(N2CCN(C(=O)NC(C)c3ccc4c(c3)OCCCO4)CC2)cc1. The number of fused-ring (bicyclic) bond motifs is 1. The minimum absolute atomic E-state index is 0.0380. The third-order valence-corrected chi connectivity index (χ3v) is 5.62. The molecule has 1 fully saturated rings. The van der Waals surface area contributed by atoms with Crippen molar-refractivity contribution in [2.75, 3.05) is 51.4 Å². The lowest BCUT2D eigenvalue weighted by Gasteiger charge is -2.36. The van der Waals surface area contributed by atoms with E-state index < -0.39 is 0 Å². The quantitative estimate of drug-likeness (QED) is 0.835.